The maximum absolute atomic E-state index is 11.6. The molecule has 0 aliphatic carbocycles. The lowest BCUT2D eigenvalue weighted by atomic mass is 10.3. The van der Waals surface area contributed by atoms with Crippen molar-refractivity contribution in [1.82, 2.24) is 4.98 Å². The Kier molecular flexibility index (Phi) is 3.99. The Morgan fingerprint density at radius 3 is 2.65 bits per heavy atom. The van der Waals surface area contributed by atoms with Gasteiger partial charge in [0.2, 0.25) is 5.76 Å². The number of carboxylic acid groups (broad SMARTS) is 1. The van der Waals surface area contributed by atoms with Gasteiger partial charge >= 0.3 is 12.0 Å². The number of ether oxygens (including phenoxy) is 1. The number of carbonyl (C=O) groups excluding carboxylic acids is 1. The summed E-state index contributed by atoms with van der Waals surface area (Å²) in [4.78, 5) is 26.1. The predicted octanol–water partition coefficient (Wildman–Crippen LogP) is 1.70. The molecule has 0 spiro atoms. The highest BCUT2D eigenvalue weighted by Crippen LogP contribution is 2.14. The highest BCUT2D eigenvalue weighted by Gasteiger charge is 2.17. The monoisotopic (exact) mass is 276 g/mol. The van der Waals surface area contributed by atoms with Crippen LogP contribution in [0.1, 0.15) is 16.2 Å². The third kappa shape index (κ3) is 3.35. The number of benzene rings is 1. The Morgan fingerprint density at radius 1 is 1.35 bits per heavy atom. The third-order valence-corrected chi connectivity index (χ3v) is 2.35. The molecular weight excluding hydrogens is 264 g/mol. The summed E-state index contributed by atoms with van der Waals surface area (Å²) in [6, 6.07) is 8.65. The molecule has 104 valence electrons. The van der Waals surface area contributed by atoms with Gasteiger partial charge in [0.25, 0.3) is 5.91 Å². The average molecular weight is 276 g/mol. The van der Waals surface area contributed by atoms with Crippen LogP contribution in [0.3, 0.4) is 0 Å². The standard InChI is InChI=1S/C13H12N2O5/c1-8-11(12(17)18)20-13(14-8)15-10(16)7-19-9-5-3-2-4-6-9/h2-6H,7H2,1H3,(H,17,18)(H,14,15,16). The fourth-order valence-electron chi connectivity index (χ4n) is 1.47. The Labute approximate surface area is 114 Å². The van der Waals surface area contributed by atoms with Gasteiger partial charge in [-0.1, -0.05) is 18.2 Å². The van der Waals surface area contributed by atoms with E-state index >= 15 is 0 Å². The summed E-state index contributed by atoms with van der Waals surface area (Å²) in [5.41, 5.74) is 0.191. The van der Waals surface area contributed by atoms with Gasteiger partial charge in [-0.15, -0.1) is 0 Å². The number of aromatic nitrogens is 1. The number of hydrogen-bond donors (Lipinski definition) is 2. The Bertz CT molecular complexity index is 621. The number of anilines is 1. The van der Waals surface area contributed by atoms with E-state index in [9.17, 15) is 9.59 Å². The van der Waals surface area contributed by atoms with Gasteiger partial charge in [-0.3, -0.25) is 10.1 Å². The molecule has 7 nitrogen and oxygen atoms in total. The van der Waals surface area contributed by atoms with Crippen LogP contribution < -0.4 is 10.1 Å². The van der Waals surface area contributed by atoms with Crippen molar-refractivity contribution < 1.29 is 23.8 Å². The van der Waals surface area contributed by atoms with Gasteiger partial charge in [0, 0.05) is 0 Å². The van der Waals surface area contributed by atoms with Crippen LogP contribution >= 0.6 is 0 Å². The molecule has 2 aromatic rings. The van der Waals surface area contributed by atoms with E-state index in [1.807, 2.05) is 6.07 Å². The lowest BCUT2D eigenvalue weighted by molar-refractivity contribution is -0.118. The van der Waals surface area contributed by atoms with Crippen molar-refractivity contribution in [2.75, 3.05) is 11.9 Å². The number of hydrogen-bond acceptors (Lipinski definition) is 5. The second-order valence-electron chi connectivity index (χ2n) is 3.89. The lowest BCUT2D eigenvalue weighted by Gasteiger charge is -2.04. The highest BCUT2D eigenvalue weighted by molar-refractivity contribution is 5.91. The van der Waals surface area contributed by atoms with E-state index < -0.39 is 11.9 Å². The van der Waals surface area contributed by atoms with Crippen LogP contribution in [0.15, 0.2) is 34.7 Å². The Hall–Kier alpha value is -2.83. The van der Waals surface area contributed by atoms with Crippen molar-refractivity contribution in [2.45, 2.75) is 6.92 Å². The van der Waals surface area contributed by atoms with Gasteiger partial charge in [0.05, 0.1) is 5.69 Å². The van der Waals surface area contributed by atoms with Crippen LogP contribution in [-0.2, 0) is 4.79 Å². The van der Waals surface area contributed by atoms with Gasteiger partial charge in [-0.05, 0) is 19.1 Å². The first kappa shape index (κ1) is 13.6. The summed E-state index contributed by atoms with van der Waals surface area (Å²) >= 11 is 0. The first-order valence-electron chi connectivity index (χ1n) is 5.74. The van der Waals surface area contributed by atoms with Crippen LogP contribution in [-0.4, -0.2) is 28.6 Å². The zero-order valence-electron chi connectivity index (χ0n) is 10.6. The minimum atomic E-state index is -1.24. The third-order valence-electron chi connectivity index (χ3n) is 2.35. The number of amides is 1. The minimum Gasteiger partial charge on any atom is -0.484 e. The number of rotatable bonds is 5. The van der Waals surface area contributed by atoms with Crippen molar-refractivity contribution in [3.8, 4) is 5.75 Å². The quantitative estimate of drug-likeness (QED) is 0.861. The zero-order valence-corrected chi connectivity index (χ0v) is 10.6. The molecule has 20 heavy (non-hydrogen) atoms. The number of aryl methyl sites for hydroxylation is 1. The normalized spacial score (nSPS) is 10.1. The maximum Gasteiger partial charge on any atom is 0.373 e. The average Bonchev–Trinajstić information content (AvgIpc) is 2.78. The molecule has 1 amide bonds. The van der Waals surface area contributed by atoms with Crippen LogP contribution in [0.4, 0.5) is 6.01 Å². The smallest absolute Gasteiger partial charge is 0.373 e. The van der Waals surface area contributed by atoms with E-state index in [0.717, 1.165) is 0 Å². The number of nitrogens with zero attached hydrogens (tertiary/aromatic N) is 1. The van der Waals surface area contributed by atoms with E-state index in [1.165, 1.54) is 6.92 Å². The number of para-hydroxylation sites is 1. The topological polar surface area (TPSA) is 102 Å². The molecule has 2 rings (SSSR count). The first-order valence-corrected chi connectivity index (χ1v) is 5.74. The molecule has 1 heterocycles. The molecule has 0 saturated heterocycles. The van der Waals surface area contributed by atoms with Crippen LogP contribution in [0.5, 0.6) is 5.75 Å². The van der Waals surface area contributed by atoms with E-state index in [1.54, 1.807) is 24.3 Å². The molecule has 0 aliphatic rings. The van der Waals surface area contributed by atoms with Crippen molar-refractivity contribution in [2.24, 2.45) is 0 Å². The van der Waals surface area contributed by atoms with Crippen molar-refractivity contribution in [3.05, 3.63) is 41.8 Å². The second kappa shape index (κ2) is 5.87. The van der Waals surface area contributed by atoms with Crippen LogP contribution in [0.2, 0.25) is 0 Å². The van der Waals surface area contributed by atoms with E-state index in [2.05, 4.69) is 10.3 Å². The van der Waals surface area contributed by atoms with E-state index in [-0.39, 0.29) is 24.1 Å². The second-order valence-corrected chi connectivity index (χ2v) is 3.89. The first-order chi connectivity index (χ1) is 9.56. The molecule has 1 aromatic carbocycles. The fourth-order valence-corrected chi connectivity index (χ4v) is 1.47. The number of carbonyl (C=O) groups is 2. The molecule has 0 fully saturated rings. The summed E-state index contributed by atoms with van der Waals surface area (Å²) in [5.74, 6) is -1.48. The molecule has 2 N–H and O–H groups in total. The van der Waals surface area contributed by atoms with Gasteiger partial charge in [-0.2, -0.15) is 4.98 Å². The minimum absolute atomic E-state index is 0.165. The number of aromatic carboxylic acids is 1. The van der Waals surface area contributed by atoms with E-state index in [0.29, 0.717) is 5.75 Å². The maximum atomic E-state index is 11.6. The molecule has 7 heteroatoms. The predicted molar refractivity (Wildman–Crippen MR) is 68.8 cm³/mol. The molecule has 0 radical (unpaired) electrons. The fraction of sp³-hybridized carbons (Fsp3) is 0.154. The molecule has 1 aromatic heterocycles. The Balaban J connectivity index is 1.92. The van der Waals surface area contributed by atoms with Crippen molar-refractivity contribution in [3.63, 3.8) is 0 Å². The molecule has 0 atom stereocenters. The molecule has 0 unspecified atom stereocenters. The van der Waals surface area contributed by atoms with Gasteiger partial charge in [0.1, 0.15) is 5.75 Å². The molecule has 0 aliphatic heterocycles. The summed E-state index contributed by atoms with van der Waals surface area (Å²) in [6.07, 6.45) is 0. The summed E-state index contributed by atoms with van der Waals surface area (Å²) < 4.78 is 10.1. The largest absolute Gasteiger partial charge is 0.484 e. The van der Waals surface area contributed by atoms with Crippen LogP contribution in [0.25, 0.3) is 0 Å². The summed E-state index contributed by atoms with van der Waals surface area (Å²) in [7, 11) is 0. The molecular formula is C13H12N2O5. The molecule has 0 saturated carbocycles. The number of carboxylic acids is 1. The lowest BCUT2D eigenvalue weighted by Crippen LogP contribution is -2.20. The van der Waals surface area contributed by atoms with Crippen molar-refractivity contribution in [1.29, 1.82) is 0 Å². The summed E-state index contributed by atoms with van der Waals surface area (Å²) in [6.45, 7) is 1.25. The SMILES string of the molecule is Cc1nc(NC(=O)COc2ccccc2)oc1C(=O)O. The highest BCUT2D eigenvalue weighted by atomic mass is 16.5. The number of nitrogens with one attached hydrogen (secondary N) is 1. The van der Waals surface area contributed by atoms with Gasteiger partial charge < -0.3 is 14.3 Å². The summed E-state index contributed by atoms with van der Waals surface area (Å²) in [5, 5.41) is 11.1. The van der Waals surface area contributed by atoms with E-state index in [4.69, 9.17) is 14.3 Å². The number of oxazole rings is 1. The van der Waals surface area contributed by atoms with Crippen LogP contribution in [0, 0.1) is 6.92 Å². The van der Waals surface area contributed by atoms with Crippen molar-refractivity contribution >= 4 is 17.9 Å². The van der Waals surface area contributed by atoms with Gasteiger partial charge in [-0.25, -0.2) is 4.79 Å². The van der Waals surface area contributed by atoms with Gasteiger partial charge in [0.15, 0.2) is 6.61 Å². The zero-order chi connectivity index (χ0) is 14.5. The Morgan fingerprint density at radius 2 is 2.05 bits per heavy atom. The molecule has 0 bridgehead atoms.